The minimum absolute atomic E-state index is 0.202. The number of rotatable bonds is 10. The average molecular weight is 531 g/mol. The van der Waals surface area contributed by atoms with Crippen molar-refractivity contribution >= 4 is 12.7 Å². The van der Waals surface area contributed by atoms with Crippen molar-refractivity contribution in [3.05, 3.63) is 138 Å². The molecular weight excluding hydrogens is 499 g/mol. The lowest BCUT2D eigenvalue weighted by atomic mass is 10.1. The summed E-state index contributed by atoms with van der Waals surface area (Å²) in [6.45, 7) is 0.661. The first-order valence-electron chi connectivity index (χ1n) is 12.6. The van der Waals surface area contributed by atoms with E-state index in [0.717, 1.165) is 16.7 Å². The zero-order valence-corrected chi connectivity index (χ0v) is 21.8. The van der Waals surface area contributed by atoms with Gasteiger partial charge in [-0.2, -0.15) is 0 Å². The fraction of sp³-hybridized carbons (Fsp3) is 0.226. The summed E-state index contributed by atoms with van der Waals surface area (Å²) in [5.41, 5.74) is 2.80. The van der Waals surface area contributed by atoms with Crippen molar-refractivity contribution in [2.75, 3.05) is 0 Å². The van der Waals surface area contributed by atoms with Crippen LogP contribution in [0.4, 0.5) is 0 Å². The van der Waals surface area contributed by atoms with Gasteiger partial charge in [0, 0.05) is 5.30 Å². The van der Waals surface area contributed by atoms with E-state index in [9.17, 15) is 9.67 Å². The van der Waals surface area contributed by atoms with E-state index in [2.05, 4.69) is 0 Å². The van der Waals surface area contributed by atoms with Gasteiger partial charge < -0.3 is 19.3 Å². The Labute approximate surface area is 223 Å². The Morgan fingerprint density at radius 1 is 0.579 bits per heavy atom. The van der Waals surface area contributed by atoms with E-state index in [1.54, 1.807) is 24.3 Å². The normalized spacial score (nSPS) is 25.2. The molecule has 5 rings (SSSR count). The van der Waals surface area contributed by atoms with Crippen molar-refractivity contribution < 1.29 is 28.4 Å². The second kappa shape index (κ2) is 12.6. The Hall–Kier alpha value is -3.09. The fourth-order valence-electron chi connectivity index (χ4n) is 4.41. The Kier molecular flexibility index (Phi) is 8.82. The summed E-state index contributed by atoms with van der Waals surface area (Å²) >= 11 is 0. The maximum atomic E-state index is 14.3. The molecule has 4 aromatic carbocycles. The van der Waals surface area contributed by atoms with E-state index < -0.39 is 31.7 Å². The zero-order chi connectivity index (χ0) is 26.2. The largest absolute Gasteiger partial charge is 0.380 e. The van der Waals surface area contributed by atoms with Gasteiger partial charge in [0.25, 0.3) is 7.37 Å². The predicted molar refractivity (Wildman–Crippen MR) is 146 cm³/mol. The lowest BCUT2D eigenvalue weighted by Gasteiger charge is -2.44. The van der Waals surface area contributed by atoms with Crippen LogP contribution in [0.3, 0.4) is 0 Å². The van der Waals surface area contributed by atoms with Crippen LogP contribution in [0, 0.1) is 0 Å². The average Bonchev–Trinajstić information content (AvgIpc) is 2.98. The third-order valence-corrected chi connectivity index (χ3v) is 8.97. The molecule has 5 atom stereocenters. The maximum absolute atomic E-state index is 14.3. The van der Waals surface area contributed by atoms with Crippen LogP contribution in [0.1, 0.15) is 16.7 Å². The van der Waals surface area contributed by atoms with Crippen LogP contribution < -0.4 is 5.30 Å². The van der Waals surface area contributed by atoms with Gasteiger partial charge in [-0.25, -0.2) is 0 Å². The summed E-state index contributed by atoms with van der Waals surface area (Å²) in [6, 6.07) is 37.7. The lowest BCUT2D eigenvalue weighted by Crippen LogP contribution is -2.54. The Bertz CT molecular complexity index is 1300. The Morgan fingerprint density at radius 2 is 0.974 bits per heavy atom. The Balaban J connectivity index is 1.47. The highest BCUT2D eigenvalue weighted by Gasteiger charge is 2.54. The van der Waals surface area contributed by atoms with Crippen molar-refractivity contribution in [3.8, 4) is 0 Å². The number of hydrogen-bond donors (Lipinski definition) is 1. The van der Waals surface area contributed by atoms with Crippen LogP contribution >= 0.6 is 7.37 Å². The molecule has 1 aliphatic rings. The third kappa shape index (κ3) is 6.30. The Morgan fingerprint density at radius 3 is 1.45 bits per heavy atom. The van der Waals surface area contributed by atoms with Crippen molar-refractivity contribution in [1.29, 1.82) is 0 Å². The summed E-state index contributed by atoms with van der Waals surface area (Å²) in [5, 5.41) is 11.9. The van der Waals surface area contributed by atoms with Gasteiger partial charge in [-0.1, -0.05) is 109 Å². The first kappa shape index (κ1) is 26.5. The topological polar surface area (TPSA) is 74.2 Å². The van der Waals surface area contributed by atoms with E-state index in [1.165, 1.54) is 0 Å². The molecule has 1 N–H and O–H groups in total. The van der Waals surface area contributed by atoms with Gasteiger partial charge >= 0.3 is 0 Å². The van der Waals surface area contributed by atoms with E-state index in [1.807, 2.05) is 97.1 Å². The molecule has 38 heavy (non-hydrogen) atoms. The van der Waals surface area contributed by atoms with Crippen LogP contribution in [0.5, 0.6) is 0 Å². The molecule has 0 saturated carbocycles. The minimum Gasteiger partial charge on any atom is -0.380 e. The van der Waals surface area contributed by atoms with Crippen LogP contribution in [0.15, 0.2) is 121 Å². The molecule has 6 nitrogen and oxygen atoms in total. The molecule has 1 heterocycles. The molecule has 0 radical (unpaired) electrons. The molecule has 1 aliphatic heterocycles. The van der Waals surface area contributed by atoms with E-state index in [-0.39, 0.29) is 19.8 Å². The van der Waals surface area contributed by atoms with Crippen molar-refractivity contribution in [2.45, 2.75) is 44.2 Å². The predicted octanol–water partition coefficient (Wildman–Crippen LogP) is 5.65. The second-order valence-corrected chi connectivity index (χ2v) is 11.6. The van der Waals surface area contributed by atoms with Crippen LogP contribution in [0.2, 0.25) is 0 Å². The smallest absolute Gasteiger partial charge is 0.264 e. The lowest BCUT2D eigenvalue weighted by molar-refractivity contribution is -0.236. The molecule has 0 aromatic heterocycles. The third-order valence-electron chi connectivity index (χ3n) is 6.44. The van der Waals surface area contributed by atoms with E-state index >= 15 is 0 Å². The summed E-state index contributed by atoms with van der Waals surface area (Å²) in [7, 11) is -3.82. The van der Waals surface area contributed by atoms with Crippen LogP contribution in [-0.4, -0.2) is 29.4 Å². The van der Waals surface area contributed by atoms with Crippen molar-refractivity contribution in [2.24, 2.45) is 0 Å². The molecule has 196 valence electrons. The maximum Gasteiger partial charge on any atom is 0.264 e. The summed E-state index contributed by atoms with van der Waals surface area (Å²) in [6.07, 6.45) is -2.86. The standard InChI is InChI=1S/C31H31O6P/c32-30-28(34-21-24-13-5-1-6-14-24)29(35-22-25-15-7-2-8-16-25)31(36-23-26-17-9-3-10-18-26)37-38(30,33)27-19-11-4-12-20-27/h1-20,28-32H,21-23H2/t28-,29-,30-,31-,38-/m0/s1. The second-order valence-electron chi connectivity index (χ2n) is 9.14. The highest BCUT2D eigenvalue weighted by Crippen LogP contribution is 2.57. The van der Waals surface area contributed by atoms with Gasteiger partial charge in [0.2, 0.25) is 0 Å². The fourth-order valence-corrected chi connectivity index (χ4v) is 6.68. The van der Waals surface area contributed by atoms with Crippen LogP contribution in [0.25, 0.3) is 0 Å². The van der Waals surface area contributed by atoms with Gasteiger partial charge in [0.05, 0.1) is 19.8 Å². The summed E-state index contributed by atoms with van der Waals surface area (Å²) < 4.78 is 39.3. The zero-order valence-electron chi connectivity index (χ0n) is 20.9. The molecule has 1 fully saturated rings. The number of aliphatic hydroxyl groups is 1. The molecule has 1 saturated heterocycles. The number of benzene rings is 4. The molecule has 0 amide bonds. The van der Waals surface area contributed by atoms with Gasteiger partial charge in [-0.3, -0.25) is 9.09 Å². The number of hydrogen-bond acceptors (Lipinski definition) is 6. The van der Waals surface area contributed by atoms with Crippen molar-refractivity contribution in [1.82, 2.24) is 0 Å². The van der Waals surface area contributed by atoms with Gasteiger partial charge in [0.1, 0.15) is 12.2 Å². The van der Waals surface area contributed by atoms with Gasteiger partial charge in [0.15, 0.2) is 12.1 Å². The van der Waals surface area contributed by atoms with E-state index in [0.29, 0.717) is 5.30 Å². The molecule has 0 unspecified atom stereocenters. The highest BCUT2D eigenvalue weighted by atomic mass is 31.2. The minimum atomic E-state index is -3.82. The molecule has 0 bridgehead atoms. The number of aliphatic hydroxyl groups excluding tert-OH is 1. The van der Waals surface area contributed by atoms with Gasteiger partial charge in [-0.05, 0) is 28.8 Å². The summed E-state index contributed by atoms with van der Waals surface area (Å²) in [5.74, 6) is -1.45. The summed E-state index contributed by atoms with van der Waals surface area (Å²) in [4.78, 5) is 0. The molecule has 4 aromatic rings. The van der Waals surface area contributed by atoms with E-state index in [4.69, 9.17) is 18.7 Å². The van der Waals surface area contributed by atoms with Crippen LogP contribution in [-0.2, 0) is 43.1 Å². The van der Waals surface area contributed by atoms with Gasteiger partial charge in [-0.15, -0.1) is 0 Å². The first-order valence-corrected chi connectivity index (χ1v) is 14.3. The molecule has 7 heteroatoms. The first-order chi connectivity index (χ1) is 18.6. The molecule has 0 spiro atoms. The molecular formula is C31H31O6P. The monoisotopic (exact) mass is 530 g/mol. The molecule has 0 aliphatic carbocycles. The SMILES string of the molecule is O=[P@@]1(c2ccccc2)O[C@H](OCc2ccccc2)[C@@H](OCc2ccccc2)[C@H](OCc2ccccc2)[C@H]1O. The quantitative estimate of drug-likeness (QED) is 0.267. The van der Waals surface area contributed by atoms with Crippen molar-refractivity contribution in [3.63, 3.8) is 0 Å². The highest BCUT2D eigenvalue weighted by molar-refractivity contribution is 7.67. The number of ether oxygens (including phenoxy) is 3.